The van der Waals surface area contributed by atoms with E-state index in [4.69, 9.17) is 9.47 Å². The van der Waals surface area contributed by atoms with E-state index in [2.05, 4.69) is 37.6 Å². The Kier molecular flexibility index (Phi) is 3.33. The number of rotatable bonds is 3. The molecule has 2 aliphatic heterocycles. The lowest BCUT2D eigenvalue weighted by Gasteiger charge is -2.27. The molecule has 0 bridgehead atoms. The zero-order valence-electron chi connectivity index (χ0n) is 10.6. The summed E-state index contributed by atoms with van der Waals surface area (Å²) in [7, 11) is 0. The van der Waals surface area contributed by atoms with Gasteiger partial charge in [0.05, 0.1) is 12.2 Å². The fourth-order valence-electron chi connectivity index (χ4n) is 2.41. The normalized spacial score (nSPS) is 40.1. The van der Waals surface area contributed by atoms with Crippen molar-refractivity contribution >= 4 is 6.21 Å². The van der Waals surface area contributed by atoms with E-state index in [0.29, 0.717) is 12.5 Å². The predicted octanol–water partition coefficient (Wildman–Crippen LogP) is 1.51. The second kappa shape index (κ2) is 4.43. The SMILES string of the molecule is CC(C)C=NCC12OC(C)CN1CC(C)O2. The summed E-state index contributed by atoms with van der Waals surface area (Å²) in [5, 5.41) is 0. The van der Waals surface area contributed by atoms with Crippen molar-refractivity contribution < 1.29 is 9.47 Å². The monoisotopic (exact) mass is 226 g/mol. The molecule has 0 amide bonds. The maximum Gasteiger partial charge on any atom is 0.251 e. The number of hydrogen-bond donors (Lipinski definition) is 0. The first-order valence-electron chi connectivity index (χ1n) is 6.12. The molecule has 0 aromatic rings. The van der Waals surface area contributed by atoms with Gasteiger partial charge in [-0.3, -0.25) is 4.99 Å². The second-order valence-electron chi connectivity index (χ2n) is 5.21. The number of aliphatic imine (C=N–C) groups is 1. The van der Waals surface area contributed by atoms with Crippen LogP contribution in [0, 0.1) is 5.92 Å². The summed E-state index contributed by atoms with van der Waals surface area (Å²) < 4.78 is 11.8. The van der Waals surface area contributed by atoms with Gasteiger partial charge in [0, 0.05) is 19.3 Å². The van der Waals surface area contributed by atoms with E-state index in [-0.39, 0.29) is 12.2 Å². The van der Waals surface area contributed by atoms with Crippen molar-refractivity contribution in [3.05, 3.63) is 0 Å². The highest BCUT2D eigenvalue weighted by Gasteiger charge is 2.52. The quantitative estimate of drug-likeness (QED) is 0.684. The molecule has 0 aliphatic carbocycles. The van der Waals surface area contributed by atoms with Crippen molar-refractivity contribution in [3.63, 3.8) is 0 Å². The molecule has 2 unspecified atom stereocenters. The first-order chi connectivity index (χ1) is 7.52. The van der Waals surface area contributed by atoms with Gasteiger partial charge in [0.15, 0.2) is 0 Å². The summed E-state index contributed by atoms with van der Waals surface area (Å²) >= 11 is 0. The lowest BCUT2D eigenvalue weighted by molar-refractivity contribution is -0.245. The molecule has 2 saturated heterocycles. The van der Waals surface area contributed by atoms with Crippen LogP contribution in [0.1, 0.15) is 27.7 Å². The summed E-state index contributed by atoms with van der Waals surface area (Å²) in [4.78, 5) is 6.70. The summed E-state index contributed by atoms with van der Waals surface area (Å²) in [6.45, 7) is 10.9. The Hall–Kier alpha value is -0.450. The molecule has 4 heteroatoms. The summed E-state index contributed by atoms with van der Waals surface area (Å²) in [6.07, 6.45) is 2.44. The largest absolute Gasteiger partial charge is 0.331 e. The first-order valence-corrected chi connectivity index (χ1v) is 6.12. The topological polar surface area (TPSA) is 34.1 Å². The van der Waals surface area contributed by atoms with E-state index < -0.39 is 5.91 Å². The van der Waals surface area contributed by atoms with Crippen LogP contribution >= 0.6 is 0 Å². The van der Waals surface area contributed by atoms with Gasteiger partial charge >= 0.3 is 0 Å². The summed E-state index contributed by atoms with van der Waals surface area (Å²) in [5.41, 5.74) is 0. The van der Waals surface area contributed by atoms with Crippen LogP contribution < -0.4 is 0 Å². The Labute approximate surface area is 97.6 Å². The number of ether oxygens (including phenoxy) is 2. The second-order valence-corrected chi connectivity index (χ2v) is 5.21. The molecule has 4 nitrogen and oxygen atoms in total. The first kappa shape index (κ1) is 12.0. The van der Waals surface area contributed by atoms with E-state index in [1.807, 2.05) is 6.21 Å². The van der Waals surface area contributed by atoms with E-state index in [0.717, 1.165) is 13.1 Å². The van der Waals surface area contributed by atoms with E-state index in [1.54, 1.807) is 0 Å². The highest BCUT2D eigenvalue weighted by molar-refractivity contribution is 5.59. The van der Waals surface area contributed by atoms with Crippen molar-refractivity contribution in [2.75, 3.05) is 19.6 Å². The van der Waals surface area contributed by atoms with Gasteiger partial charge in [-0.2, -0.15) is 0 Å². The Balaban J connectivity index is 2.03. The average Bonchev–Trinajstić information content (AvgIpc) is 2.54. The van der Waals surface area contributed by atoms with Gasteiger partial charge in [-0.25, -0.2) is 4.90 Å². The predicted molar refractivity (Wildman–Crippen MR) is 63.6 cm³/mol. The van der Waals surface area contributed by atoms with E-state index in [1.165, 1.54) is 0 Å². The maximum atomic E-state index is 5.92. The third kappa shape index (κ3) is 2.29. The zero-order chi connectivity index (χ0) is 11.8. The molecule has 16 heavy (non-hydrogen) atoms. The van der Waals surface area contributed by atoms with Gasteiger partial charge in [0.25, 0.3) is 5.91 Å². The van der Waals surface area contributed by atoms with Crippen molar-refractivity contribution in [2.45, 2.75) is 45.8 Å². The van der Waals surface area contributed by atoms with E-state index in [9.17, 15) is 0 Å². The molecule has 2 fully saturated rings. The number of hydrogen-bond acceptors (Lipinski definition) is 4. The minimum absolute atomic E-state index is 0.238. The average molecular weight is 226 g/mol. The maximum absolute atomic E-state index is 5.92. The standard InChI is InChI=1S/C12H22N2O2/c1-9(2)5-13-8-12-14(6-10(3)15-12)7-11(4)16-12/h5,9-11H,6-8H2,1-4H3. The van der Waals surface area contributed by atoms with Crippen molar-refractivity contribution in [1.82, 2.24) is 4.90 Å². The van der Waals surface area contributed by atoms with Gasteiger partial charge in [0.2, 0.25) is 0 Å². The Bertz CT molecular complexity index is 264. The summed E-state index contributed by atoms with van der Waals surface area (Å²) in [5.74, 6) is -0.105. The van der Waals surface area contributed by atoms with Crippen LogP contribution in [0.3, 0.4) is 0 Å². The third-order valence-corrected chi connectivity index (χ3v) is 2.90. The molecule has 0 aromatic heterocycles. The van der Waals surface area contributed by atoms with Crippen molar-refractivity contribution in [3.8, 4) is 0 Å². The van der Waals surface area contributed by atoms with Gasteiger partial charge in [-0.05, 0) is 19.8 Å². The molecule has 2 atom stereocenters. The molecule has 0 radical (unpaired) electrons. The molecular formula is C12H22N2O2. The minimum atomic E-state index is -0.579. The van der Waals surface area contributed by atoms with Crippen molar-refractivity contribution in [1.29, 1.82) is 0 Å². The molecule has 92 valence electrons. The molecule has 0 N–H and O–H groups in total. The minimum Gasteiger partial charge on any atom is -0.331 e. The van der Waals surface area contributed by atoms with Gasteiger partial charge in [0.1, 0.15) is 6.54 Å². The molecule has 0 spiro atoms. The number of fused-ring (bicyclic) bond motifs is 1. The van der Waals surface area contributed by atoms with Crippen LogP contribution in [0.4, 0.5) is 0 Å². The highest BCUT2D eigenvalue weighted by Crippen LogP contribution is 2.35. The third-order valence-electron chi connectivity index (χ3n) is 2.90. The van der Waals surface area contributed by atoms with Crippen LogP contribution in [-0.2, 0) is 9.47 Å². The molecule has 0 aromatic carbocycles. The van der Waals surface area contributed by atoms with Crippen LogP contribution in [0.25, 0.3) is 0 Å². The van der Waals surface area contributed by atoms with Crippen LogP contribution in [0.15, 0.2) is 4.99 Å². The smallest absolute Gasteiger partial charge is 0.251 e. The molecule has 2 rings (SSSR count). The molecule has 2 heterocycles. The Morgan fingerprint density at radius 1 is 1.31 bits per heavy atom. The Morgan fingerprint density at radius 2 is 1.88 bits per heavy atom. The fourth-order valence-corrected chi connectivity index (χ4v) is 2.41. The van der Waals surface area contributed by atoms with Crippen LogP contribution in [-0.4, -0.2) is 48.9 Å². The molecule has 2 aliphatic rings. The molecule has 0 saturated carbocycles. The van der Waals surface area contributed by atoms with Gasteiger partial charge < -0.3 is 9.47 Å². The lowest BCUT2D eigenvalue weighted by atomic mass is 10.2. The fraction of sp³-hybridized carbons (Fsp3) is 0.917. The lowest BCUT2D eigenvalue weighted by Crippen LogP contribution is -2.43. The molecular weight excluding hydrogens is 204 g/mol. The van der Waals surface area contributed by atoms with Gasteiger partial charge in [-0.15, -0.1) is 0 Å². The summed E-state index contributed by atoms with van der Waals surface area (Å²) in [6, 6.07) is 0. The van der Waals surface area contributed by atoms with Crippen LogP contribution in [0.2, 0.25) is 0 Å². The number of nitrogens with zero attached hydrogens (tertiary/aromatic N) is 2. The van der Waals surface area contributed by atoms with E-state index >= 15 is 0 Å². The van der Waals surface area contributed by atoms with Gasteiger partial charge in [-0.1, -0.05) is 13.8 Å². The zero-order valence-corrected chi connectivity index (χ0v) is 10.6. The Morgan fingerprint density at radius 3 is 2.38 bits per heavy atom. The van der Waals surface area contributed by atoms with Crippen LogP contribution in [0.5, 0.6) is 0 Å². The van der Waals surface area contributed by atoms with Crippen molar-refractivity contribution in [2.24, 2.45) is 10.9 Å². The highest BCUT2D eigenvalue weighted by atomic mass is 16.7.